The first kappa shape index (κ1) is 13.3. The molecule has 2 aromatic rings. The highest BCUT2D eigenvalue weighted by atomic mass is 32.2. The lowest BCUT2D eigenvalue weighted by Crippen LogP contribution is -2.15. The summed E-state index contributed by atoms with van der Waals surface area (Å²) in [6, 6.07) is 1.65. The van der Waals surface area contributed by atoms with Crippen LogP contribution in [0.1, 0.15) is 18.3 Å². The highest BCUT2D eigenvalue weighted by Crippen LogP contribution is 2.18. The lowest BCUT2D eigenvalue weighted by atomic mass is 10.3. The summed E-state index contributed by atoms with van der Waals surface area (Å²) >= 11 is 0. The number of H-pyrrole nitrogens is 1. The zero-order valence-corrected chi connectivity index (χ0v) is 11.5. The van der Waals surface area contributed by atoms with Crippen molar-refractivity contribution in [2.45, 2.75) is 25.3 Å². The predicted molar refractivity (Wildman–Crippen MR) is 72.2 cm³/mol. The Balaban J connectivity index is 2.30. The maximum atomic E-state index is 12.1. The number of aryl methyl sites for hydroxylation is 2. The van der Waals surface area contributed by atoms with Crippen LogP contribution < -0.4 is 10.5 Å². The molecule has 0 saturated carbocycles. The van der Waals surface area contributed by atoms with Crippen molar-refractivity contribution >= 4 is 21.5 Å². The van der Waals surface area contributed by atoms with Gasteiger partial charge in [-0.05, 0) is 18.6 Å². The van der Waals surface area contributed by atoms with Crippen LogP contribution in [0.15, 0.2) is 23.5 Å². The van der Waals surface area contributed by atoms with Crippen LogP contribution in [0.3, 0.4) is 0 Å². The Morgan fingerprint density at radius 2 is 2.11 bits per heavy atom. The van der Waals surface area contributed by atoms with Gasteiger partial charge >= 0.3 is 0 Å². The molecule has 4 N–H and O–H groups in total. The number of sulfonamides is 1. The van der Waals surface area contributed by atoms with Gasteiger partial charge in [0.05, 0.1) is 18.1 Å². The molecule has 0 aliphatic heterocycles. The van der Waals surface area contributed by atoms with Gasteiger partial charge in [-0.2, -0.15) is 8.42 Å². The fourth-order valence-corrected chi connectivity index (χ4v) is 2.57. The minimum Gasteiger partial charge on any atom is -0.397 e. The Hall–Kier alpha value is -2.09. The van der Waals surface area contributed by atoms with Crippen molar-refractivity contribution in [1.29, 1.82) is 0 Å². The normalized spacial score (nSPS) is 11.5. The van der Waals surface area contributed by atoms with Crippen LogP contribution in [0.5, 0.6) is 0 Å². The number of rotatable bonds is 4. The Morgan fingerprint density at radius 3 is 2.68 bits per heavy atom. The van der Waals surface area contributed by atoms with Gasteiger partial charge < -0.3 is 10.7 Å². The summed E-state index contributed by atoms with van der Waals surface area (Å²) in [5, 5.41) is 0.0161. The van der Waals surface area contributed by atoms with Gasteiger partial charge in [0.1, 0.15) is 11.6 Å². The highest BCUT2D eigenvalue weighted by molar-refractivity contribution is 7.92. The predicted octanol–water partition coefficient (Wildman–Crippen LogP) is 1.06. The summed E-state index contributed by atoms with van der Waals surface area (Å²) in [5.74, 6) is 0.865. The van der Waals surface area contributed by atoms with E-state index < -0.39 is 10.0 Å². The topological polar surface area (TPSA) is 114 Å². The van der Waals surface area contributed by atoms with Crippen molar-refractivity contribution in [2.75, 3.05) is 10.5 Å². The van der Waals surface area contributed by atoms with E-state index in [1.807, 2.05) is 6.92 Å². The highest BCUT2D eigenvalue weighted by Gasteiger charge is 2.18. The summed E-state index contributed by atoms with van der Waals surface area (Å²) < 4.78 is 26.6. The number of hydrogen-bond donors (Lipinski definition) is 3. The van der Waals surface area contributed by atoms with E-state index in [0.717, 1.165) is 0 Å². The number of nitrogens with zero attached hydrogens (tertiary/aromatic N) is 2. The Bertz CT molecular complexity index is 693. The molecule has 0 spiro atoms. The number of aromatic amines is 1. The molecule has 2 aromatic heterocycles. The van der Waals surface area contributed by atoms with Gasteiger partial charge in [0.2, 0.25) is 0 Å². The van der Waals surface area contributed by atoms with E-state index >= 15 is 0 Å². The average molecular weight is 281 g/mol. The summed E-state index contributed by atoms with van der Waals surface area (Å²) in [6.45, 7) is 3.61. The third kappa shape index (κ3) is 2.84. The number of anilines is 2. The first-order chi connectivity index (χ1) is 8.92. The summed E-state index contributed by atoms with van der Waals surface area (Å²) in [7, 11) is -3.71. The molecule has 0 unspecified atom stereocenters. The van der Waals surface area contributed by atoms with Gasteiger partial charge in [-0.3, -0.25) is 4.72 Å². The SMILES string of the molecule is CCc1ncc(S(=O)(=O)Nc2ncc(N)cc2C)[nH]1. The molecule has 102 valence electrons. The maximum Gasteiger partial charge on any atom is 0.280 e. The number of pyridine rings is 1. The molecular weight excluding hydrogens is 266 g/mol. The van der Waals surface area contributed by atoms with Crippen LogP contribution in [0.25, 0.3) is 0 Å². The van der Waals surface area contributed by atoms with Gasteiger partial charge in [0, 0.05) is 6.42 Å². The monoisotopic (exact) mass is 281 g/mol. The van der Waals surface area contributed by atoms with E-state index in [0.29, 0.717) is 23.5 Å². The lowest BCUT2D eigenvalue weighted by Gasteiger charge is -2.08. The molecule has 0 atom stereocenters. The van der Waals surface area contributed by atoms with Crippen LogP contribution in [0.2, 0.25) is 0 Å². The molecule has 2 rings (SSSR count). The first-order valence-corrected chi connectivity index (χ1v) is 7.19. The molecule has 19 heavy (non-hydrogen) atoms. The van der Waals surface area contributed by atoms with E-state index in [1.165, 1.54) is 12.4 Å². The molecular formula is C11H15N5O2S. The molecule has 0 saturated heterocycles. The molecule has 0 radical (unpaired) electrons. The molecule has 0 aliphatic carbocycles. The van der Waals surface area contributed by atoms with Crippen LogP contribution in [0, 0.1) is 6.92 Å². The quantitative estimate of drug-likeness (QED) is 0.775. The second-order valence-corrected chi connectivity index (χ2v) is 5.74. The van der Waals surface area contributed by atoms with Gasteiger partial charge in [0.15, 0.2) is 5.03 Å². The molecule has 2 heterocycles. The van der Waals surface area contributed by atoms with Crippen molar-refractivity contribution in [3.8, 4) is 0 Å². The second kappa shape index (κ2) is 4.88. The number of imidazole rings is 1. The molecule has 0 aromatic carbocycles. The smallest absolute Gasteiger partial charge is 0.280 e. The summed E-state index contributed by atoms with van der Waals surface area (Å²) in [4.78, 5) is 10.7. The number of hydrogen-bond acceptors (Lipinski definition) is 5. The van der Waals surface area contributed by atoms with Gasteiger partial charge in [-0.15, -0.1) is 0 Å². The van der Waals surface area contributed by atoms with Crippen LogP contribution in [-0.4, -0.2) is 23.4 Å². The zero-order valence-electron chi connectivity index (χ0n) is 10.6. The molecule has 0 bridgehead atoms. The second-order valence-electron chi connectivity index (χ2n) is 4.09. The molecule has 0 aliphatic rings. The van der Waals surface area contributed by atoms with E-state index in [2.05, 4.69) is 19.7 Å². The average Bonchev–Trinajstić information content (AvgIpc) is 2.82. The van der Waals surface area contributed by atoms with E-state index in [9.17, 15) is 8.42 Å². The molecule has 8 heteroatoms. The van der Waals surface area contributed by atoms with Crippen molar-refractivity contribution in [2.24, 2.45) is 0 Å². The Morgan fingerprint density at radius 1 is 1.37 bits per heavy atom. The minimum absolute atomic E-state index is 0.0161. The maximum absolute atomic E-state index is 12.1. The van der Waals surface area contributed by atoms with Crippen LogP contribution in [0.4, 0.5) is 11.5 Å². The molecule has 7 nitrogen and oxygen atoms in total. The van der Waals surface area contributed by atoms with E-state index in [1.54, 1.807) is 13.0 Å². The third-order valence-corrected chi connectivity index (χ3v) is 3.81. The lowest BCUT2D eigenvalue weighted by molar-refractivity contribution is 0.597. The Kier molecular flexibility index (Phi) is 3.43. The number of nitrogens with two attached hydrogens (primary N) is 1. The van der Waals surface area contributed by atoms with Gasteiger partial charge in [0.25, 0.3) is 10.0 Å². The zero-order chi connectivity index (χ0) is 14.0. The first-order valence-electron chi connectivity index (χ1n) is 5.71. The van der Waals surface area contributed by atoms with Crippen LogP contribution in [-0.2, 0) is 16.4 Å². The van der Waals surface area contributed by atoms with E-state index in [-0.39, 0.29) is 10.8 Å². The Labute approximate surface area is 111 Å². The fourth-order valence-electron chi connectivity index (χ4n) is 1.55. The van der Waals surface area contributed by atoms with E-state index in [4.69, 9.17) is 5.73 Å². The minimum atomic E-state index is -3.71. The van der Waals surface area contributed by atoms with Crippen molar-refractivity contribution in [3.05, 3.63) is 29.8 Å². The number of nitrogens with one attached hydrogen (secondary N) is 2. The standard InChI is InChI=1S/C11H15N5O2S/c1-3-9-13-6-10(15-9)19(17,18)16-11-7(2)4-8(12)5-14-11/h4-6H,3,12H2,1-2H3,(H,13,15)(H,14,16). The third-order valence-electron chi connectivity index (χ3n) is 2.56. The van der Waals surface area contributed by atoms with Gasteiger partial charge in [-0.25, -0.2) is 9.97 Å². The molecule has 0 fully saturated rings. The fraction of sp³-hybridized carbons (Fsp3) is 0.273. The van der Waals surface area contributed by atoms with Crippen molar-refractivity contribution in [3.63, 3.8) is 0 Å². The largest absolute Gasteiger partial charge is 0.397 e. The van der Waals surface area contributed by atoms with Gasteiger partial charge in [-0.1, -0.05) is 6.92 Å². The van der Waals surface area contributed by atoms with Crippen molar-refractivity contribution < 1.29 is 8.42 Å². The summed E-state index contributed by atoms with van der Waals surface area (Å²) in [5.41, 5.74) is 6.70. The summed E-state index contributed by atoms with van der Waals surface area (Å²) in [6.07, 6.45) is 3.32. The van der Waals surface area contributed by atoms with Crippen molar-refractivity contribution in [1.82, 2.24) is 15.0 Å². The van der Waals surface area contributed by atoms with Crippen LogP contribution >= 0.6 is 0 Å². The number of nitrogen functional groups attached to an aromatic ring is 1. The molecule has 0 amide bonds. The number of aromatic nitrogens is 3.